The maximum Gasteiger partial charge on any atom is 0.355 e. The summed E-state index contributed by atoms with van der Waals surface area (Å²) in [6, 6.07) is 13.2. The molecule has 0 spiro atoms. The van der Waals surface area contributed by atoms with Gasteiger partial charge in [0.25, 0.3) is 0 Å². The first-order valence-electron chi connectivity index (χ1n) is 9.42. The van der Waals surface area contributed by atoms with Gasteiger partial charge in [0, 0.05) is 11.8 Å². The highest BCUT2D eigenvalue weighted by molar-refractivity contribution is 9.12. The second kappa shape index (κ2) is 10.6. The number of sulfone groups is 1. The summed E-state index contributed by atoms with van der Waals surface area (Å²) in [5.74, 6) is -0.564. The number of hydrogen-bond acceptors (Lipinski definition) is 9. The van der Waals surface area contributed by atoms with Gasteiger partial charge in [-0.25, -0.2) is 23.2 Å². The van der Waals surface area contributed by atoms with E-state index in [2.05, 4.69) is 30.3 Å². The lowest BCUT2D eigenvalue weighted by atomic mass is 10.2. The summed E-state index contributed by atoms with van der Waals surface area (Å²) in [4.78, 5) is 21.4. The first-order chi connectivity index (χ1) is 15.6. The second-order valence-corrected chi connectivity index (χ2v) is 10.6. The molecule has 0 saturated heterocycles. The van der Waals surface area contributed by atoms with Crippen LogP contribution in [-0.2, 0) is 19.4 Å². The predicted molar refractivity (Wildman–Crippen MR) is 133 cm³/mol. The van der Waals surface area contributed by atoms with Crippen molar-refractivity contribution < 1.29 is 17.9 Å². The fourth-order valence-electron chi connectivity index (χ4n) is 2.58. The molecular weight excluding hydrogens is 552 g/mol. The first-order valence-corrected chi connectivity index (χ1v) is 13.3. The van der Waals surface area contributed by atoms with Crippen LogP contribution in [0.25, 0.3) is 10.6 Å². The first kappa shape index (κ1) is 25.0. The number of nitrogens with two attached hydrogens (primary N) is 1. The number of rotatable bonds is 7. The van der Waals surface area contributed by atoms with E-state index in [-0.39, 0.29) is 33.2 Å². The molecule has 0 amide bonds. The number of aromatic nitrogens is 2. The zero-order chi connectivity index (χ0) is 24.2. The van der Waals surface area contributed by atoms with Crippen LogP contribution in [0.1, 0.15) is 12.7 Å². The van der Waals surface area contributed by atoms with Crippen LogP contribution in [-0.4, -0.2) is 42.3 Å². The number of nitrogens with zero attached hydrogens (tertiary/aromatic N) is 3. The van der Waals surface area contributed by atoms with Crippen LogP contribution in [0.5, 0.6) is 0 Å². The van der Waals surface area contributed by atoms with Crippen LogP contribution < -0.4 is 5.73 Å². The molecule has 12 heteroatoms. The molecular formula is C21H18BrClN4O4S2. The number of carbonyl (C=O) groups is 1. The molecule has 1 heterocycles. The number of para-hydroxylation sites is 1. The van der Waals surface area contributed by atoms with E-state index in [1.165, 1.54) is 12.1 Å². The molecule has 2 N–H and O–H groups in total. The van der Waals surface area contributed by atoms with Gasteiger partial charge >= 0.3 is 5.97 Å². The average Bonchev–Trinajstić information content (AvgIpc) is 3.27. The highest BCUT2D eigenvalue weighted by atomic mass is 79.9. The number of halogens is 2. The maximum atomic E-state index is 12.2. The Labute approximate surface area is 208 Å². The van der Waals surface area contributed by atoms with E-state index in [1.807, 2.05) is 0 Å². The summed E-state index contributed by atoms with van der Waals surface area (Å²) in [6.07, 6.45) is 1.13. The molecule has 0 radical (unpaired) electrons. The maximum absolute atomic E-state index is 12.2. The third-order valence-electron chi connectivity index (χ3n) is 4.17. The molecule has 0 aliphatic carbocycles. The molecule has 33 heavy (non-hydrogen) atoms. The van der Waals surface area contributed by atoms with E-state index in [9.17, 15) is 13.2 Å². The Bertz CT molecular complexity index is 1370. The number of benzene rings is 2. The fourth-order valence-corrected chi connectivity index (χ4v) is 4.52. The zero-order valence-electron chi connectivity index (χ0n) is 17.5. The summed E-state index contributed by atoms with van der Waals surface area (Å²) in [5.41, 5.74) is 6.92. The van der Waals surface area contributed by atoms with Crippen molar-refractivity contribution in [3.8, 4) is 10.6 Å². The molecule has 0 bridgehead atoms. The van der Waals surface area contributed by atoms with Crippen LogP contribution in [0.3, 0.4) is 0 Å². The van der Waals surface area contributed by atoms with Gasteiger partial charge in [0.05, 0.1) is 26.7 Å². The van der Waals surface area contributed by atoms with E-state index < -0.39 is 15.8 Å². The van der Waals surface area contributed by atoms with E-state index in [0.29, 0.717) is 21.3 Å². The van der Waals surface area contributed by atoms with Gasteiger partial charge in [-0.3, -0.25) is 0 Å². The molecule has 0 atom stereocenters. The fraction of sp³-hybridized carbons (Fsp3) is 0.143. The highest BCUT2D eigenvalue weighted by Crippen LogP contribution is 2.30. The van der Waals surface area contributed by atoms with Crippen molar-refractivity contribution in [2.45, 2.75) is 11.8 Å². The van der Waals surface area contributed by atoms with Crippen LogP contribution >= 0.6 is 39.1 Å². The summed E-state index contributed by atoms with van der Waals surface area (Å²) in [5, 5.41) is 0.832. The number of allylic oxidation sites excluding steroid dienone is 1. The average molecular weight is 570 g/mol. The molecule has 0 aliphatic heterocycles. The third-order valence-corrected chi connectivity index (χ3v) is 7.17. The van der Waals surface area contributed by atoms with Crippen LogP contribution in [0.2, 0.25) is 5.02 Å². The van der Waals surface area contributed by atoms with Gasteiger partial charge in [-0.1, -0.05) is 35.9 Å². The minimum absolute atomic E-state index is 0.134. The van der Waals surface area contributed by atoms with E-state index in [0.717, 1.165) is 17.8 Å². The van der Waals surface area contributed by atoms with Gasteiger partial charge in [0.2, 0.25) is 0 Å². The minimum atomic E-state index is -3.39. The van der Waals surface area contributed by atoms with Crippen LogP contribution in [0, 0.1) is 0 Å². The Morgan fingerprint density at radius 3 is 2.64 bits per heavy atom. The molecule has 3 aromatic rings. The summed E-state index contributed by atoms with van der Waals surface area (Å²) in [7, 11) is -3.39. The van der Waals surface area contributed by atoms with Crippen molar-refractivity contribution in [1.29, 1.82) is 0 Å². The van der Waals surface area contributed by atoms with Crippen molar-refractivity contribution in [3.05, 3.63) is 69.6 Å². The molecule has 0 aliphatic rings. The molecule has 0 saturated carbocycles. The van der Waals surface area contributed by atoms with Gasteiger partial charge in [-0.2, -0.15) is 4.37 Å². The van der Waals surface area contributed by atoms with Crippen LogP contribution in [0.4, 0.5) is 5.69 Å². The van der Waals surface area contributed by atoms with Gasteiger partial charge in [0.15, 0.2) is 15.7 Å². The summed E-state index contributed by atoms with van der Waals surface area (Å²) < 4.78 is 33.3. The molecule has 0 fully saturated rings. The van der Waals surface area contributed by atoms with E-state index in [4.69, 9.17) is 22.1 Å². The van der Waals surface area contributed by atoms with Gasteiger partial charge < -0.3 is 10.5 Å². The highest BCUT2D eigenvalue weighted by Gasteiger charge is 2.22. The molecule has 0 unspecified atom stereocenters. The predicted octanol–water partition coefficient (Wildman–Crippen LogP) is 4.51. The Morgan fingerprint density at radius 2 is 1.97 bits per heavy atom. The lowest BCUT2D eigenvalue weighted by Gasteiger charge is -2.08. The van der Waals surface area contributed by atoms with Crippen molar-refractivity contribution in [3.63, 3.8) is 0 Å². The second-order valence-electron chi connectivity index (χ2n) is 6.58. The minimum Gasteiger partial charge on any atom is -0.461 e. The number of hydrogen-bond donors (Lipinski definition) is 1. The molecule has 8 nitrogen and oxygen atoms in total. The zero-order valence-corrected chi connectivity index (χ0v) is 21.4. The number of carbonyl (C=O) groups excluding carboxylic acids is 1. The normalized spacial score (nSPS) is 12.9. The van der Waals surface area contributed by atoms with Gasteiger partial charge in [-0.05, 0) is 58.7 Å². The quantitative estimate of drug-likeness (QED) is 0.252. The molecule has 2 aromatic carbocycles. The topological polar surface area (TPSA) is 125 Å². The number of aliphatic imine (C=N–C) groups is 1. The van der Waals surface area contributed by atoms with E-state index >= 15 is 0 Å². The number of ether oxygens (including phenoxy) is 1. The molecule has 1 aromatic heterocycles. The van der Waals surface area contributed by atoms with Crippen molar-refractivity contribution in [1.82, 2.24) is 9.36 Å². The van der Waals surface area contributed by atoms with Gasteiger partial charge in [-0.15, -0.1) is 0 Å². The number of esters is 1. The lowest BCUT2D eigenvalue weighted by Crippen LogP contribution is -2.19. The van der Waals surface area contributed by atoms with E-state index in [1.54, 1.807) is 43.3 Å². The lowest BCUT2D eigenvalue weighted by molar-refractivity contribution is -0.138. The van der Waals surface area contributed by atoms with Gasteiger partial charge in [0.1, 0.15) is 16.4 Å². The SMILES string of the molecule is CCOC(=O)/C(N)=C(\Br)C(=Nc1ccccc1Cl)c1nsc(-c2cccc(S(C)(=O)=O)c2)n1. The smallest absolute Gasteiger partial charge is 0.355 e. The molecule has 3 rings (SSSR count). The summed E-state index contributed by atoms with van der Waals surface area (Å²) >= 11 is 10.6. The standard InChI is InChI=1S/C21H18BrClN4O4S2/c1-3-31-21(28)17(24)16(22)18(25-15-10-5-4-9-14(15)23)19-26-20(32-27-19)12-7-6-8-13(11-12)33(2,29)30/h4-11H,3,24H2,1-2H3/b17-16+,25-18?. The Morgan fingerprint density at radius 1 is 1.24 bits per heavy atom. The Kier molecular flexibility index (Phi) is 8.01. The van der Waals surface area contributed by atoms with Crippen molar-refractivity contribution >= 4 is 66.3 Å². The Hall–Kier alpha value is -2.60. The third kappa shape index (κ3) is 6.05. The van der Waals surface area contributed by atoms with Crippen molar-refractivity contribution in [2.75, 3.05) is 12.9 Å². The molecule has 172 valence electrons. The largest absolute Gasteiger partial charge is 0.461 e. The van der Waals surface area contributed by atoms with Crippen molar-refractivity contribution in [2.24, 2.45) is 10.7 Å². The summed E-state index contributed by atoms with van der Waals surface area (Å²) in [6.45, 7) is 1.81. The van der Waals surface area contributed by atoms with Crippen LogP contribution in [0.15, 0.2) is 68.6 Å². The Balaban J connectivity index is 2.14. The monoisotopic (exact) mass is 568 g/mol.